The highest BCUT2D eigenvalue weighted by Crippen LogP contribution is 2.25. The van der Waals surface area contributed by atoms with Crippen LogP contribution in [0.4, 0.5) is 5.88 Å². The number of hydrogen-bond acceptors (Lipinski definition) is 4. The molecule has 0 bridgehead atoms. The molecule has 3 rings (SSSR count). The third-order valence-corrected chi connectivity index (χ3v) is 2.73. The van der Waals surface area contributed by atoms with Crippen LogP contribution in [0.2, 0.25) is 0 Å². The smallest absolute Gasteiger partial charge is 0.221 e. The van der Waals surface area contributed by atoms with Crippen molar-refractivity contribution in [3.05, 3.63) is 40.1 Å². The highest BCUT2D eigenvalue weighted by Gasteiger charge is 2.15. The lowest BCUT2D eigenvalue weighted by Crippen LogP contribution is -2.11. The molecule has 0 amide bonds. The van der Waals surface area contributed by atoms with Gasteiger partial charge >= 0.3 is 0 Å². The van der Waals surface area contributed by atoms with E-state index in [0.29, 0.717) is 11.9 Å². The van der Waals surface area contributed by atoms with Gasteiger partial charge < -0.3 is 15.1 Å². The molecule has 5 heteroatoms. The number of aromatic nitrogens is 1. The predicted molar refractivity (Wildman–Crippen MR) is 64.1 cm³/mol. The summed E-state index contributed by atoms with van der Waals surface area (Å²) in [6.45, 7) is 0. The molecule has 3 aromatic rings. The van der Waals surface area contributed by atoms with E-state index in [4.69, 9.17) is 10.2 Å². The maximum atomic E-state index is 11.9. The maximum absolute atomic E-state index is 11.9. The Balaban J connectivity index is 2.62. The summed E-state index contributed by atoms with van der Waals surface area (Å²) < 4.78 is 5.33. The zero-order valence-corrected chi connectivity index (χ0v) is 8.69. The first-order valence-corrected chi connectivity index (χ1v) is 5.00. The topological polar surface area (TPSA) is 89.1 Å². The molecule has 0 atom stereocenters. The number of anilines is 1. The van der Waals surface area contributed by atoms with Gasteiger partial charge in [0.1, 0.15) is 11.1 Å². The molecule has 1 aromatic carbocycles. The summed E-state index contributed by atoms with van der Waals surface area (Å²) in [6, 6.07) is 7.31. The van der Waals surface area contributed by atoms with Crippen LogP contribution < -0.4 is 11.2 Å². The summed E-state index contributed by atoms with van der Waals surface area (Å²) in [6.07, 6.45) is 0.409. The minimum Gasteiger partial charge on any atom is -0.438 e. The standard InChI is InChI=1S/C12H8N2O3/c13-12-7(5-15)10(16)9-11(17-12)6-3-1-2-4-8(6)14-9/h1-5,14H,13H2. The normalized spacial score (nSPS) is 11.1. The highest BCUT2D eigenvalue weighted by molar-refractivity contribution is 6.05. The number of carbonyl (C=O) groups is 1. The van der Waals surface area contributed by atoms with Crippen LogP contribution >= 0.6 is 0 Å². The average molecular weight is 228 g/mol. The number of nitrogens with one attached hydrogen (secondary N) is 1. The number of nitrogen functional groups attached to an aromatic ring is 1. The van der Waals surface area contributed by atoms with Gasteiger partial charge in [0.15, 0.2) is 11.9 Å². The monoisotopic (exact) mass is 228 g/mol. The molecule has 17 heavy (non-hydrogen) atoms. The summed E-state index contributed by atoms with van der Waals surface area (Å²) in [5, 5.41) is 0.767. The van der Waals surface area contributed by atoms with Gasteiger partial charge in [0.2, 0.25) is 11.3 Å². The molecule has 0 fully saturated rings. The molecule has 3 N–H and O–H groups in total. The van der Waals surface area contributed by atoms with Gasteiger partial charge in [-0.05, 0) is 12.1 Å². The van der Waals surface area contributed by atoms with Gasteiger partial charge in [-0.3, -0.25) is 9.59 Å². The minimum atomic E-state index is -0.435. The molecule has 0 radical (unpaired) electrons. The van der Waals surface area contributed by atoms with Gasteiger partial charge in [-0.25, -0.2) is 0 Å². The number of H-pyrrole nitrogens is 1. The molecule has 2 aromatic heterocycles. The van der Waals surface area contributed by atoms with Crippen LogP contribution in [-0.2, 0) is 0 Å². The number of para-hydroxylation sites is 1. The van der Waals surface area contributed by atoms with E-state index >= 15 is 0 Å². The number of benzene rings is 1. The second-order valence-corrected chi connectivity index (χ2v) is 3.70. The number of aromatic amines is 1. The Bertz CT molecular complexity index is 798. The van der Waals surface area contributed by atoms with Crippen molar-refractivity contribution < 1.29 is 9.21 Å². The first-order chi connectivity index (χ1) is 8.22. The molecule has 0 aliphatic rings. The SMILES string of the molecule is Nc1oc2c([nH]c3ccccc32)c(=O)c1C=O. The van der Waals surface area contributed by atoms with E-state index in [0.717, 1.165) is 10.9 Å². The van der Waals surface area contributed by atoms with Crippen LogP contribution in [0.25, 0.3) is 22.0 Å². The van der Waals surface area contributed by atoms with Gasteiger partial charge in [0.05, 0.1) is 0 Å². The Morgan fingerprint density at radius 1 is 1.29 bits per heavy atom. The Hall–Kier alpha value is -2.56. The fourth-order valence-electron chi connectivity index (χ4n) is 1.91. The van der Waals surface area contributed by atoms with Crippen molar-refractivity contribution >= 4 is 34.2 Å². The zero-order valence-electron chi connectivity index (χ0n) is 8.69. The van der Waals surface area contributed by atoms with Crippen molar-refractivity contribution in [2.45, 2.75) is 0 Å². The molecular weight excluding hydrogens is 220 g/mol. The van der Waals surface area contributed by atoms with E-state index in [2.05, 4.69) is 4.98 Å². The molecule has 0 unspecified atom stereocenters. The third kappa shape index (κ3) is 1.19. The van der Waals surface area contributed by atoms with Gasteiger partial charge in [-0.15, -0.1) is 0 Å². The Kier molecular flexibility index (Phi) is 1.82. The van der Waals surface area contributed by atoms with Crippen LogP contribution in [0, 0.1) is 0 Å². The quantitative estimate of drug-likeness (QED) is 0.620. The Morgan fingerprint density at radius 2 is 2.06 bits per heavy atom. The summed E-state index contributed by atoms with van der Waals surface area (Å²) in [5.74, 6) is -0.151. The van der Waals surface area contributed by atoms with Crippen LogP contribution in [0.15, 0.2) is 33.5 Å². The molecule has 0 aliphatic carbocycles. The Labute approximate surface area is 94.8 Å². The van der Waals surface area contributed by atoms with Crippen molar-refractivity contribution in [1.82, 2.24) is 4.98 Å². The summed E-state index contributed by atoms with van der Waals surface area (Å²) in [5.41, 5.74) is 6.37. The summed E-state index contributed by atoms with van der Waals surface area (Å²) >= 11 is 0. The van der Waals surface area contributed by atoms with E-state index in [1.165, 1.54) is 0 Å². The Morgan fingerprint density at radius 3 is 2.82 bits per heavy atom. The third-order valence-electron chi connectivity index (χ3n) is 2.73. The van der Waals surface area contributed by atoms with E-state index < -0.39 is 5.43 Å². The van der Waals surface area contributed by atoms with Gasteiger partial charge in [0.25, 0.3) is 0 Å². The number of carbonyl (C=O) groups excluding carboxylic acids is 1. The number of hydrogen-bond donors (Lipinski definition) is 2. The van der Waals surface area contributed by atoms with Gasteiger partial charge in [-0.1, -0.05) is 12.1 Å². The lowest BCUT2D eigenvalue weighted by Gasteiger charge is -1.97. The predicted octanol–water partition coefficient (Wildman–Crippen LogP) is 1.67. The highest BCUT2D eigenvalue weighted by atomic mass is 16.3. The van der Waals surface area contributed by atoms with Crippen LogP contribution in [0.5, 0.6) is 0 Å². The maximum Gasteiger partial charge on any atom is 0.221 e. The molecular formula is C12H8N2O3. The fraction of sp³-hybridized carbons (Fsp3) is 0. The van der Waals surface area contributed by atoms with Crippen molar-refractivity contribution in [2.75, 3.05) is 5.73 Å². The molecule has 5 nitrogen and oxygen atoms in total. The number of aldehydes is 1. The van der Waals surface area contributed by atoms with E-state index in [1.54, 1.807) is 0 Å². The van der Waals surface area contributed by atoms with Crippen LogP contribution in [0.3, 0.4) is 0 Å². The van der Waals surface area contributed by atoms with E-state index in [9.17, 15) is 9.59 Å². The molecule has 0 spiro atoms. The van der Waals surface area contributed by atoms with Crippen molar-refractivity contribution in [3.63, 3.8) is 0 Å². The lowest BCUT2D eigenvalue weighted by atomic mass is 10.2. The van der Waals surface area contributed by atoms with Crippen molar-refractivity contribution in [3.8, 4) is 0 Å². The van der Waals surface area contributed by atoms with E-state index in [-0.39, 0.29) is 17.0 Å². The van der Waals surface area contributed by atoms with Crippen LogP contribution in [-0.4, -0.2) is 11.3 Å². The largest absolute Gasteiger partial charge is 0.438 e. The number of nitrogens with two attached hydrogens (primary N) is 1. The molecule has 0 saturated carbocycles. The summed E-state index contributed by atoms with van der Waals surface area (Å²) in [7, 11) is 0. The van der Waals surface area contributed by atoms with Gasteiger partial charge in [0, 0.05) is 10.9 Å². The molecule has 0 aliphatic heterocycles. The molecule has 0 saturated heterocycles. The molecule has 84 valence electrons. The van der Waals surface area contributed by atoms with Crippen molar-refractivity contribution in [2.24, 2.45) is 0 Å². The number of fused-ring (bicyclic) bond motifs is 3. The lowest BCUT2D eigenvalue weighted by molar-refractivity contribution is 0.112. The minimum absolute atomic E-state index is 0.149. The zero-order chi connectivity index (χ0) is 12.0. The first-order valence-electron chi connectivity index (χ1n) is 5.00. The molecule has 2 heterocycles. The van der Waals surface area contributed by atoms with Gasteiger partial charge in [-0.2, -0.15) is 0 Å². The first kappa shape index (κ1) is 9.65. The number of rotatable bonds is 1. The average Bonchev–Trinajstić information content (AvgIpc) is 2.69. The van der Waals surface area contributed by atoms with Crippen LogP contribution in [0.1, 0.15) is 10.4 Å². The van der Waals surface area contributed by atoms with Crippen molar-refractivity contribution in [1.29, 1.82) is 0 Å². The van der Waals surface area contributed by atoms with E-state index in [1.807, 2.05) is 24.3 Å². The second-order valence-electron chi connectivity index (χ2n) is 3.70. The fourth-order valence-corrected chi connectivity index (χ4v) is 1.91. The summed E-state index contributed by atoms with van der Waals surface area (Å²) in [4.78, 5) is 25.6. The second kappa shape index (κ2) is 3.21.